The molecule has 0 amide bonds. The number of benzene rings is 1. The zero-order chi connectivity index (χ0) is 12.9. The highest BCUT2D eigenvalue weighted by Crippen LogP contribution is 2.32. The average molecular weight is 241 g/mol. The summed E-state index contributed by atoms with van der Waals surface area (Å²) < 4.78 is 37.8. The molecule has 0 aliphatic rings. The van der Waals surface area contributed by atoms with Crippen molar-refractivity contribution in [1.29, 1.82) is 0 Å². The summed E-state index contributed by atoms with van der Waals surface area (Å²) in [5, 5.41) is 3.34. The van der Waals surface area contributed by atoms with Gasteiger partial charge in [0.1, 0.15) is 0 Å². The van der Waals surface area contributed by atoms with Crippen molar-refractivity contribution in [2.24, 2.45) is 5.11 Å². The van der Waals surface area contributed by atoms with Crippen LogP contribution < -0.4 is 0 Å². The van der Waals surface area contributed by atoms with Crippen LogP contribution in [0.1, 0.15) is 18.1 Å². The van der Waals surface area contributed by atoms with E-state index in [4.69, 9.17) is 5.53 Å². The second-order valence-electron chi connectivity index (χ2n) is 3.39. The van der Waals surface area contributed by atoms with Gasteiger partial charge in [0.15, 0.2) is 0 Å². The zero-order valence-corrected chi connectivity index (χ0v) is 9.02. The number of halogens is 3. The summed E-state index contributed by atoms with van der Waals surface area (Å²) in [4.78, 5) is 2.57. The molecule has 0 fully saturated rings. The van der Waals surface area contributed by atoms with Crippen molar-refractivity contribution >= 4 is 6.08 Å². The maximum absolute atomic E-state index is 12.6. The first-order valence-corrected chi connectivity index (χ1v) is 4.84. The standard InChI is InChI=1S/C11H10F3N3/c1-8(16-17-15)6-7-9-4-2-3-5-10(9)11(12,13)14/h2-8H,1H3/b7-6+. The van der Waals surface area contributed by atoms with Gasteiger partial charge < -0.3 is 0 Å². The van der Waals surface area contributed by atoms with E-state index in [1.807, 2.05) is 0 Å². The second-order valence-corrected chi connectivity index (χ2v) is 3.39. The van der Waals surface area contributed by atoms with Crippen molar-refractivity contribution in [2.45, 2.75) is 19.1 Å². The summed E-state index contributed by atoms with van der Waals surface area (Å²) in [6.45, 7) is 1.59. The van der Waals surface area contributed by atoms with Gasteiger partial charge in [-0.15, -0.1) is 0 Å². The van der Waals surface area contributed by atoms with E-state index in [0.29, 0.717) is 0 Å². The van der Waals surface area contributed by atoms with Gasteiger partial charge in [0.2, 0.25) is 0 Å². The molecule has 0 saturated heterocycles. The molecular formula is C11H10F3N3. The van der Waals surface area contributed by atoms with Crippen LogP contribution in [0.2, 0.25) is 0 Å². The fourth-order valence-corrected chi connectivity index (χ4v) is 1.26. The summed E-state index contributed by atoms with van der Waals surface area (Å²) in [6.07, 6.45) is -1.66. The maximum Gasteiger partial charge on any atom is 0.416 e. The van der Waals surface area contributed by atoms with Crippen LogP contribution in [0.3, 0.4) is 0 Å². The summed E-state index contributed by atoms with van der Waals surface area (Å²) >= 11 is 0. The number of azide groups is 1. The number of rotatable bonds is 3. The lowest BCUT2D eigenvalue weighted by molar-refractivity contribution is -0.137. The highest BCUT2D eigenvalue weighted by atomic mass is 19.4. The smallest absolute Gasteiger partial charge is 0.166 e. The van der Waals surface area contributed by atoms with Crippen molar-refractivity contribution in [3.8, 4) is 0 Å². The molecule has 1 aromatic carbocycles. The van der Waals surface area contributed by atoms with E-state index in [-0.39, 0.29) is 5.56 Å². The molecule has 0 heterocycles. The maximum atomic E-state index is 12.6. The second kappa shape index (κ2) is 5.41. The Morgan fingerprint density at radius 3 is 2.59 bits per heavy atom. The molecular weight excluding hydrogens is 231 g/mol. The highest BCUT2D eigenvalue weighted by Gasteiger charge is 2.32. The third-order valence-electron chi connectivity index (χ3n) is 2.05. The normalized spacial score (nSPS) is 13.4. The SMILES string of the molecule is CC(/C=C/c1ccccc1C(F)(F)F)N=[N+]=[N-]. The molecule has 0 spiro atoms. The minimum absolute atomic E-state index is 0.0555. The number of alkyl halides is 3. The molecule has 90 valence electrons. The Labute approximate surface area is 96.2 Å². The van der Waals surface area contributed by atoms with Crippen molar-refractivity contribution in [2.75, 3.05) is 0 Å². The third kappa shape index (κ3) is 3.85. The molecule has 1 atom stereocenters. The lowest BCUT2D eigenvalue weighted by atomic mass is 10.1. The van der Waals surface area contributed by atoms with E-state index >= 15 is 0 Å². The largest absolute Gasteiger partial charge is 0.416 e. The molecule has 17 heavy (non-hydrogen) atoms. The molecule has 0 saturated carbocycles. The van der Waals surface area contributed by atoms with E-state index in [1.165, 1.54) is 30.4 Å². The lowest BCUT2D eigenvalue weighted by Gasteiger charge is -2.09. The van der Waals surface area contributed by atoms with Gasteiger partial charge in [-0.1, -0.05) is 42.4 Å². The van der Waals surface area contributed by atoms with Crippen LogP contribution in [0.25, 0.3) is 16.5 Å². The van der Waals surface area contributed by atoms with Gasteiger partial charge in [-0.2, -0.15) is 13.2 Å². The van der Waals surface area contributed by atoms with Crippen molar-refractivity contribution < 1.29 is 13.2 Å². The van der Waals surface area contributed by atoms with Gasteiger partial charge in [-0.05, 0) is 17.2 Å². The predicted octanol–water partition coefficient (Wildman–Crippen LogP) is 4.42. The fraction of sp³-hybridized carbons (Fsp3) is 0.273. The molecule has 0 aromatic heterocycles. The van der Waals surface area contributed by atoms with Crippen LogP contribution in [0.15, 0.2) is 35.5 Å². The molecule has 0 radical (unpaired) electrons. The summed E-state index contributed by atoms with van der Waals surface area (Å²) in [5.41, 5.74) is 7.51. The van der Waals surface area contributed by atoms with Crippen molar-refractivity contribution in [1.82, 2.24) is 0 Å². The molecule has 1 unspecified atom stereocenters. The summed E-state index contributed by atoms with van der Waals surface area (Å²) in [5.74, 6) is 0. The minimum Gasteiger partial charge on any atom is -0.166 e. The Morgan fingerprint density at radius 1 is 1.35 bits per heavy atom. The summed E-state index contributed by atoms with van der Waals surface area (Å²) in [7, 11) is 0. The Bertz CT molecular complexity index is 459. The fourth-order valence-electron chi connectivity index (χ4n) is 1.26. The molecule has 0 aliphatic heterocycles. The predicted molar refractivity (Wildman–Crippen MR) is 59.1 cm³/mol. The van der Waals surface area contributed by atoms with Gasteiger partial charge in [0.05, 0.1) is 11.6 Å². The van der Waals surface area contributed by atoms with Gasteiger partial charge in [0, 0.05) is 4.91 Å². The Balaban J connectivity index is 3.03. The molecule has 0 N–H and O–H groups in total. The lowest BCUT2D eigenvalue weighted by Crippen LogP contribution is -2.07. The minimum atomic E-state index is -4.39. The van der Waals surface area contributed by atoms with E-state index in [2.05, 4.69) is 10.0 Å². The quantitative estimate of drug-likeness (QED) is 0.427. The Kier molecular flexibility index (Phi) is 4.17. The first-order chi connectivity index (χ1) is 7.95. The third-order valence-corrected chi connectivity index (χ3v) is 2.05. The molecule has 3 nitrogen and oxygen atoms in total. The van der Waals surface area contributed by atoms with Gasteiger partial charge in [-0.25, -0.2) is 0 Å². The molecule has 1 rings (SSSR count). The Morgan fingerprint density at radius 2 is 2.00 bits per heavy atom. The van der Waals surface area contributed by atoms with Crippen LogP contribution in [0, 0.1) is 0 Å². The van der Waals surface area contributed by atoms with Crippen molar-refractivity contribution in [3.63, 3.8) is 0 Å². The van der Waals surface area contributed by atoms with Crippen molar-refractivity contribution in [3.05, 3.63) is 51.9 Å². The summed E-state index contributed by atoms with van der Waals surface area (Å²) in [6, 6.07) is 4.74. The van der Waals surface area contributed by atoms with Crippen LogP contribution in [-0.2, 0) is 6.18 Å². The van der Waals surface area contributed by atoms with Gasteiger partial charge >= 0.3 is 6.18 Å². The van der Waals surface area contributed by atoms with Crippen LogP contribution in [-0.4, -0.2) is 6.04 Å². The number of hydrogen-bond donors (Lipinski definition) is 0. The first kappa shape index (κ1) is 13.1. The van der Waals surface area contributed by atoms with Crippen LogP contribution in [0.4, 0.5) is 13.2 Å². The molecule has 1 aromatic rings. The van der Waals surface area contributed by atoms with E-state index in [0.717, 1.165) is 6.07 Å². The molecule has 0 bridgehead atoms. The molecule has 0 aliphatic carbocycles. The van der Waals surface area contributed by atoms with Crippen LogP contribution >= 0.6 is 0 Å². The monoisotopic (exact) mass is 241 g/mol. The average Bonchev–Trinajstić information content (AvgIpc) is 2.26. The van der Waals surface area contributed by atoms with Gasteiger partial charge in [0.25, 0.3) is 0 Å². The first-order valence-electron chi connectivity index (χ1n) is 4.84. The topological polar surface area (TPSA) is 48.8 Å². The number of hydrogen-bond acceptors (Lipinski definition) is 1. The van der Waals surface area contributed by atoms with E-state index in [1.54, 1.807) is 6.92 Å². The zero-order valence-electron chi connectivity index (χ0n) is 9.02. The number of nitrogens with zero attached hydrogens (tertiary/aromatic N) is 3. The van der Waals surface area contributed by atoms with E-state index in [9.17, 15) is 13.2 Å². The Hall–Kier alpha value is -1.94. The highest BCUT2D eigenvalue weighted by molar-refractivity contribution is 5.55. The van der Waals surface area contributed by atoms with Crippen LogP contribution in [0.5, 0.6) is 0 Å². The van der Waals surface area contributed by atoms with E-state index < -0.39 is 17.8 Å². The molecule has 6 heteroatoms. The van der Waals surface area contributed by atoms with Gasteiger partial charge in [-0.3, -0.25) is 0 Å².